The van der Waals surface area contributed by atoms with Crippen LogP contribution in [0.2, 0.25) is 0 Å². The van der Waals surface area contributed by atoms with E-state index in [9.17, 15) is 20.0 Å². The van der Waals surface area contributed by atoms with Gasteiger partial charge in [-0.3, -0.25) is 14.9 Å². The van der Waals surface area contributed by atoms with Gasteiger partial charge in [-0.2, -0.15) is 0 Å². The minimum absolute atomic E-state index is 0.134. The van der Waals surface area contributed by atoms with Crippen LogP contribution in [-0.4, -0.2) is 41.3 Å². The Labute approximate surface area is 135 Å². The molecular formula is C13H15IN2O5. The molecular weight excluding hydrogens is 391 g/mol. The standard InChI is InChI=1S/C13H15IN2O5/c14-11-2-1-9(16(19)20)7-10(11)12(18)15-13(8-17)3-5-21-6-4-13/h1-2,7,17H,3-6,8H2,(H,15,18). The van der Waals surface area contributed by atoms with Crippen molar-refractivity contribution >= 4 is 34.2 Å². The highest BCUT2D eigenvalue weighted by atomic mass is 127. The van der Waals surface area contributed by atoms with E-state index in [1.54, 1.807) is 0 Å². The number of amides is 1. The second-order valence-electron chi connectivity index (χ2n) is 4.93. The fourth-order valence-corrected chi connectivity index (χ4v) is 2.77. The quantitative estimate of drug-likeness (QED) is 0.448. The van der Waals surface area contributed by atoms with Crippen molar-refractivity contribution in [3.8, 4) is 0 Å². The number of carbonyl (C=O) groups is 1. The highest BCUT2D eigenvalue weighted by Gasteiger charge is 2.34. The topological polar surface area (TPSA) is 102 Å². The second kappa shape index (κ2) is 6.67. The molecule has 1 fully saturated rings. The molecule has 0 bridgehead atoms. The van der Waals surface area contributed by atoms with Crippen molar-refractivity contribution in [2.24, 2.45) is 0 Å². The van der Waals surface area contributed by atoms with Gasteiger partial charge in [-0.25, -0.2) is 0 Å². The predicted octanol–water partition coefficient (Wildman–Crippen LogP) is 1.47. The Kier molecular flexibility index (Phi) is 5.12. The Balaban J connectivity index is 2.23. The number of ether oxygens (including phenoxy) is 1. The molecule has 8 heteroatoms. The molecule has 1 heterocycles. The van der Waals surface area contributed by atoms with E-state index in [-0.39, 0.29) is 17.9 Å². The maximum atomic E-state index is 12.4. The molecule has 0 aromatic heterocycles. The highest BCUT2D eigenvalue weighted by Crippen LogP contribution is 2.23. The van der Waals surface area contributed by atoms with Gasteiger partial charge in [0.1, 0.15) is 0 Å². The first-order chi connectivity index (χ1) is 9.97. The molecule has 2 N–H and O–H groups in total. The maximum Gasteiger partial charge on any atom is 0.270 e. The number of hydrogen-bond donors (Lipinski definition) is 2. The number of aliphatic hydroxyl groups is 1. The van der Waals surface area contributed by atoms with Crippen LogP contribution in [0.1, 0.15) is 23.2 Å². The lowest BCUT2D eigenvalue weighted by Gasteiger charge is -2.36. The summed E-state index contributed by atoms with van der Waals surface area (Å²) in [6.07, 6.45) is 1.03. The Morgan fingerprint density at radius 3 is 2.71 bits per heavy atom. The molecule has 21 heavy (non-hydrogen) atoms. The van der Waals surface area contributed by atoms with Crippen LogP contribution in [0.25, 0.3) is 0 Å². The molecule has 1 aliphatic heterocycles. The van der Waals surface area contributed by atoms with E-state index in [1.165, 1.54) is 18.2 Å². The summed E-state index contributed by atoms with van der Waals surface area (Å²) in [6, 6.07) is 4.14. The van der Waals surface area contributed by atoms with Crippen molar-refractivity contribution in [3.05, 3.63) is 37.4 Å². The summed E-state index contributed by atoms with van der Waals surface area (Å²) >= 11 is 1.96. The van der Waals surface area contributed by atoms with Gasteiger partial charge in [0.2, 0.25) is 0 Å². The highest BCUT2D eigenvalue weighted by molar-refractivity contribution is 14.1. The van der Waals surface area contributed by atoms with Crippen molar-refractivity contribution in [1.29, 1.82) is 0 Å². The van der Waals surface area contributed by atoms with Crippen LogP contribution < -0.4 is 5.32 Å². The SMILES string of the molecule is O=C(NC1(CO)CCOCC1)c1cc([N+](=O)[O-])ccc1I. The van der Waals surface area contributed by atoms with Crippen molar-refractivity contribution in [2.75, 3.05) is 19.8 Å². The van der Waals surface area contributed by atoms with Gasteiger partial charge in [-0.1, -0.05) is 0 Å². The van der Waals surface area contributed by atoms with Gasteiger partial charge in [-0.05, 0) is 41.5 Å². The number of non-ortho nitro benzene ring substituents is 1. The average molecular weight is 406 g/mol. The molecule has 2 rings (SSSR count). The van der Waals surface area contributed by atoms with Gasteiger partial charge in [-0.15, -0.1) is 0 Å². The lowest BCUT2D eigenvalue weighted by Crippen LogP contribution is -2.54. The lowest BCUT2D eigenvalue weighted by atomic mass is 9.90. The summed E-state index contributed by atoms with van der Waals surface area (Å²) in [7, 11) is 0. The number of nitrogens with one attached hydrogen (secondary N) is 1. The summed E-state index contributed by atoms with van der Waals surface area (Å²) < 4.78 is 5.86. The van der Waals surface area contributed by atoms with Crippen molar-refractivity contribution in [1.82, 2.24) is 5.32 Å². The third-order valence-electron chi connectivity index (χ3n) is 3.54. The number of rotatable bonds is 4. The van der Waals surface area contributed by atoms with Gasteiger partial charge < -0.3 is 15.2 Å². The Bertz CT molecular complexity index is 557. The molecule has 0 aliphatic carbocycles. The number of aliphatic hydroxyl groups excluding tert-OH is 1. The number of hydrogen-bond acceptors (Lipinski definition) is 5. The number of halogens is 1. The third-order valence-corrected chi connectivity index (χ3v) is 4.48. The van der Waals surface area contributed by atoms with Gasteiger partial charge in [0, 0.05) is 28.9 Å². The average Bonchev–Trinajstić information content (AvgIpc) is 2.48. The zero-order valence-corrected chi connectivity index (χ0v) is 13.3. The van der Waals surface area contributed by atoms with Crippen molar-refractivity contribution < 1.29 is 19.6 Å². The summed E-state index contributed by atoms with van der Waals surface area (Å²) in [5.41, 5.74) is -0.613. The number of carbonyl (C=O) groups excluding carboxylic acids is 1. The number of nitrogens with zero attached hydrogens (tertiary/aromatic N) is 1. The van der Waals surface area contributed by atoms with Crippen molar-refractivity contribution in [3.63, 3.8) is 0 Å². The van der Waals surface area contributed by atoms with Gasteiger partial charge in [0.05, 0.1) is 22.6 Å². The lowest BCUT2D eigenvalue weighted by molar-refractivity contribution is -0.384. The number of nitro benzene ring substituents is 1. The van der Waals surface area contributed by atoms with Crippen LogP contribution in [0.15, 0.2) is 18.2 Å². The second-order valence-corrected chi connectivity index (χ2v) is 6.09. The molecule has 114 valence electrons. The molecule has 0 saturated carbocycles. The largest absolute Gasteiger partial charge is 0.394 e. The molecule has 0 spiro atoms. The molecule has 7 nitrogen and oxygen atoms in total. The maximum absolute atomic E-state index is 12.4. The first kappa shape index (κ1) is 16.1. The Morgan fingerprint density at radius 1 is 1.48 bits per heavy atom. The monoisotopic (exact) mass is 406 g/mol. The zero-order valence-electron chi connectivity index (χ0n) is 11.2. The predicted molar refractivity (Wildman–Crippen MR) is 83.1 cm³/mol. The normalized spacial score (nSPS) is 17.2. The molecule has 1 aliphatic rings. The van der Waals surface area contributed by atoms with Crippen LogP contribution in [0, 0.1) is 13.7 Å². The molecule has 1 saturated heterocycles. The first-order valence-electron chi connectivity index (χ1n) is 6.42. The minimum atomic E-state index is -0.719. The minimum Gasteiger partial charge on any atom is -0.394 e. The Morgan fingerprint density at radius 2 is 2.14 bits per heavy atom. The van der Waals surface area contributed by atoms with Gasteiger partial charge in [0.15, 0.2) is 0 Å². The van der Waals surface area contributed by atoms with E-state index < -0.39 is 16.4 Å². The van der Waals surface area contributed by atoms with E-state index in [2.05, 4.69) is 5.32 Å². The van der Waals surface area contributed by atoms with Gasteiger partial charge >= 0.3 is 0 Å². The molecule has 0 unspecified atom stereocenters. The fourth-order valence-electron chi connectivity index (χ4n) is 2.19. The summed E-state index contributed by atoms with van der Waals surface area (Å²) in [4.78, 5) is 22.7. The van der Waals surface area contributed by atoms with E-state index in [1.807, 2.05) is 22.6 Å². The molecule has 1 amide bonds. The van der Waals surface area contributed by atoms with E-state index >= 15 is 0 Å². The number of benzene rings is 1. The number of nitro groups is 1. The zero-order chi connectivity index (χ0) is 15.5. The van der Waals surface area contributed by atoms with Crippen molar-refractivity contribution in [2.45, 2.75) is 18.4 Å². The summed E-state index contributed by atoms with van der Waals surface area (Å²) in [5.74, 6) is -0.418. The van der Waals surface area contributed by atoms with E-state index in [0.29, 0.717) is 29.6 Å². The summed E-state index contributed by atoms with van der Waals surface area (Å²) in [6.45, 7) is 0.743. The van der Waals surface area contributed by atoms with E-state index in [0.717, 1.165) is 0 Å². The van der Waals surface area contributed by atoms with E-state index in [4.69, 9.17) is 4.74 Å². The molecule has 1 aromatic rings. The first-order valence-corrected chi connectivity index (χ1v) is 7.50. The van der Waals surface area contributed by atoms with Crippen LogP contribution in [-0.2, 0) is 4.74 Å². The van der Waals surface area contributed by atoms with Crippen LogP contribution in [0.3, 0.4) is 0 Å². The molecule has 0 atom stereocenters. The Hall–Kier alpha value is -1.26. The van der Waals surface area contributed by atoms with Gasteiger partial charge in [0.25, 0.3) is 11.6 Å². The van der Waals surface area contributed by atoms with Crippen LogP contribution in [0.5, 0.6) is 0 Å². The van der Waals surface area contributed by atoms with Crippen LogP contribution in [0.4, 0.5) is 5.69 Å². The third kappa shape index (κ3) is 3.69. The summed E-state index contributed by atoms with van der Waals surface area (Å²) in [5, 5.41) is 23.2. The molecule has 1 aromatic carbocycles. The van der Waals surface area contributed by atoms with Crippen LogP contribution >= 0.6 is 22.6 Å². The molecule has 0 radical (unpaired) electrons. The smallest absolute Gasteiger partial charge is 0.270 e. The fraction of sp³-hybridized carbons (Fsp3) is 0.462.